The third-order valence-electron chi connectivity index (χ3n) is 3.88. The third kappa shape index (κ3) is 3.78. The van der Waals surface area contributed by atoms with Crippen molar-refractivity contribution in [3.05, 3.63) is 69.8 Å². The van der Waals surface area contributed by atoms with E-state index in [9.17, 15) is 14.7 Å². The maximum atomic E-state index is 12.3. The van der Waals surface area contributed by atoms with Crippen molar-refractivity contribution in [2.24, 2.45) is 0 Å². The first-order chi connectivity index (χ1) is 12.0. The summed E-state index contributed by atoms with van der Waals surface area (Å²) in [5.74, 6) is -1.63. The molecule has 0 spiro atoms. The molecule has 7 heteroatoms. The number of carboxylic acids is 1. The number of halogens is 2. The highest BCUT2D eigenvalue weighted by atomic mass is 35.5. The molecule has 0 aliphatic rings. The maximum Gasteiger partial charge on any atom is 0.326 e. The van der Waals surface area contributed by atoms with Gasteiger partial charge < -0.3 is 15.4 Å². The average molecular weight is 377 g/mol. The number of rotatable bonds is 5. The zero-order chi connectivity index (χ0) is 18.0. The number of nitrogens with one attached hydrogen (secondary N) is 2. The van der Waals surface area contributed by atoms with Crippen molar-refractivity contribution in [3.8, 4) is 0 Å². The fourth-order valence-electron chi connectivity index (χ4n) is 2.60. The van der Waals surface area contributed by atoms with E-state index in [1.807, 2.05) is 24.3 Å². The second-order valence-corrected chi connectivity index (χ2v) is 6.37. The number of carbonyl (C=O) groups is 2. The summed E-state index contributed by atoms with van der Waals surface area (Å²) in [5, 5.41) is 13.5. The first-order valence-corrected chi connectivity index (χ1v) is 8.25. The Morgan fingerprint density at radius 2 is 1.88 bits per heavy atom. The molecule has 0 unspecified atom stereocenters. The molecule has 3 aromatic rings. The van der Waals surface area contributed by atoms with Gasteiger partial charge in [0.15, 0.2) is 0 Å². The number of para-hydroxylation sites is 1. The number of H-pyrrole nitrogens is 1. The molecule has 25 heavy (non-hydrogen) atoms. The number of carbonyl (C=O) groups excluding carboxylic acids is 1. The Morgan fingerprint density at radius 3 is 2.60 bits per heavy atom. The summed E-state index contributed by atoms with van der Waals surface area (Å²) in [5.41, 5.74) is 1.98. The van der Waals surface area contributed by atoms with E-state index >= 15 is 0 Å². The predicted octanol–water partition coefficient (Wildman–Crippen LogP) is 3.90. The first kappa shape index (κ1) is 17.3. The summed E-state index contributed by atoms with van der Waals surface area (Å²) in [6.07, 6.45) is 1.92. The number of aromatic amines is 1. The van der Waals surface area contributed by atoms with Gasteiger partial charge in [0.2, 0.25) is 0 Å². The van der Waals surface area contributed by atoms with Crippen LogP contribution in [0.1, 0.15) is 15.9 Å². The summed E-state index contributed by atoms with van der Waals surface area (Å²) >= 11 is 11.7. The predicted molar refractivity (Wildman–Crippen MR) is 97.4 cm³/mol. The van der Waals surface area contributed by atoms with Crippen LogP contribution in [0.3, 0.4) is 0 Å². The highest BCUT2D eigenvalue weighted by molar-refractivity contribution is 6.42. The van der Waals surface area contributed by atoms with Crippen molar-refractivity contribution in [1.29, 1.82) is 0 Å². The molecule has 0 saturated heterocycles. The van der Waals surface area contributed by atoms with Gasteiger partial charge in [0.25, 0.3) is 5.91 Å². The van der Waals surface area contributed by atoms with Gasteiger partial charge in [-0.05, 0) is 29.8 Å². The van der Waals surface area contributed by atoms with E-state index in [1.54, 1.807) is 6.20 Å². The number of aromatic nitrogens is 1. The second kappa shape index (κ2) is 7.17. The van der Waals surface area contributed by atoms with Crippen LogP contribution >= 0.6 is 23.2 Å². The molecule has 1 aromatic heterocycles. The largest absolute Gasteiger partial charge is 0.480 e. The number of aliphatic carboxylic acids is 1. The maximum absolute atomic E-state index is 12.3. The van der Waals surface area contributed by atoms with Crippen LogP contribution in [-0.2, 0) is 11.2 Å². The van der Waals surface area contributed by atoms with Crippen LogP contribution in [0, 0.1) is 0 Å². The lowest BCUT2D eigenvalue weighted by atomic mass is 10.0. The lowest BCUT2D eigenvalue weighted by Crippen LogP contribution is -2.42. The van der Waals surface area contributed by atoms with Gasteiger partial charge in [-0.3, -0.25) is 4.79 Å². The van der Waals surface area contributed by atoms with Gasteiger partial charge in [0.05, 0.1) is 10.0 Å². The van der Waals surface area contributed by atoms with E-state index in [-0.39, 0.29) is 17.0 Å². The lowest BCUT2D eigenvalue weighted by Gasteiger charge is -2.14. The van der Waals surface area contributed by atoms with Gasteiger partial charge >= 0.3 is 5.97 Å². The van der Waals surface area contributed by atoms with Crippen molar-refractivity contribution < 1.29 is 14.7 Å². The van der Waals surface area contributed by atoms with Gasteiger partial charge in [0, 0.05) is 29.1 Å². The molecule has 0 bridgehead atoms. The molecule has 0 fully saturated rings. The third-order valence-corrected chi connectivity index (χ3v) is 4.62. The van der Waals surface area contributed by atoms with Crippen LogP contribution in [0.2, 0.25) is 10.0 Å². The second-order valence-electron chi connectivity index (χ2n) is 5.56. The number of fused-ring (bicyclic) bond motifs is 1. The van der Waals surface area contributed by atoms with Crippen molar-refractivity contribution in [3.63, 3.8) is 0 Å². The molecule has 2 aromatic carbocycles. The summed E-state index contributed by atoms with van der Waals surface area (Å²) in [7, 11) is 0. The molecular formula is C18H14Cl2N2O3. The number of amides is 1. The van der Waals surface area contributed by atoms with E-state index < -0.39 is 17.9 Å². The summed E-state index contributed by atoms with van der Waals surface area (Å²) in [4.78, 5) is 27.0. The molecule has 1 atom stereocenters. The zero-order valence-electron chi connectivity index (χ0n) is 12.9. The number of benzene rings is 2. The Hall–Kier alpha value is -2.50. The molecular weight excluding hydrogens is 363 g/mol. The van der Waals surface area contributed by atoms with Crippen LogP contribution in [-0.4, -0.2) is 28.0 Å². The summed E-state index contributed by atoms with van der Waals surface area (Å²) in [6, 6.07) is 10.9. The van der Waals surface area contributed by atoms with Gasteiger partial charge in [-0.15, -0.1) is 0 Å². The minimum absolute atomic E-state index is 0.159. The molecule has 1 amide bonds. The highest BCUT2D eigenvalue weighted by Crippen LogP contribution is 2.23. The molecule has 0 aliphatic carbocycles. The first-order valence-electron chi connectivity index (χ1n) is 7.49. The van der Waals surface area contributed by atoms with Crippen LogP contribution in [0.25, 0.3) is 10.9 Å². The number of carboxylic acid groups (broad SMARTS) is 1. The average Bonchev–Trinajstić information content (AvgIpc) is 2.99. The Labute approximate surface area is 153 Å². The molecule has 0 aliphatic heterocycles. The molecule has 3 rings (SSSR count). The van der Waals surface area contributed by atoms with Crippen LogP contribution in [0.15, 0.2) is 48.7 Å². The minimum atomic E-state index is -1.11. The Balaban J connectivity index is 1.80. The molecule has 3 N–H and O–H groups in total. The van der Waals surface area contributed by atoms with E-state index in [4.69, 9.17) is 23.2 Å². The van der Waals surface area contributed by atoms with Crippen LogP contribution < -0.4 is 5.32 Å². The minimum Gasteiger partial charge on any atom is -0.480 e. The van der Waals surface area contributed by atoms with Crippen molar-refractivity contribution in [1.82, 2.24) is 10.3 Å². The summed E-state index contributed by atoms with van der Waals surface area (Å²) in [6.45, 7) is 0. The monoisotopic (exact) mass is 376 g/mol. The van der Waals surface area contributed by atoms with Gasteiger partial charge in [-0.2, -0.15) is 0 Å². The fraction of sp³-hybridized carbons (Fsp3) is 0.111. The fourth-order valence-corrected chi connectivity index (χ4v) is 2.90. The lowest BCUT2D eigenvalue weighted by molar-refractivity contribution is -0.139. The smallest absolute Gasteiger partial charge is 0.326 e. The number of hydrogen-bond acceptors (Lipinski definition) is 2. The molecule has 0 radical (unpaired) electrons. The van der Waals surface area contributed by atoms with E-state index in [1.165, 1.54) is 18.2 Å². The molecule has 128 valence electrons. The zero-order valence-corrected chi connectivity index (χ0v) is 14.4. The van der Waals surface area contributed by atoms with Crippen molar-refractivity contribution in [2.75, 3.05) is 0 Å². The molecule has 1 heterocycles. The Morgan fingerprint density at radius 1 is 1.12 bits per heavy atom. The SMILES string of the molecule is O=C(N[C@@H](Cc1c[nH]c2ccccc12)C(=O)O)c1ccc(Cl)c(Cl)c1. The van der Waals surface area contributed by atoms with Crippen LogP contribution in [0.4, 0.5) is 0 Å². The van der Waals surface area contributed by atoms with Crippen LogP contribution in [0.5, 0.6) is 0 Å². The topological polar surface area (TPSA) is 82.2 Å². The Kier molecular flexibility index (Phi) is 4.97. The molecule has 5 nitrogen and oxygen atoms in total. The quantitative estimate of drug-likeness (QED) is 0.631. The van der Waals surface area contributed by atoms with Crippen molar-refractivity contribution in [2.45, 2.75) is 12.5 Å². The van der Waals surface area contributed by atoms with E-state index in [0.717, 1.165) is 16.5 Å². The number of hydrogen-bond donors (Lipinski definition) is 3. The molecule has 0 saturated carbocycles. The van der Waals surface area contributed by atoms with Crippen molar-refractivity contribution >= 4 is 46.0 Å². The van der Waals surface area contributed by atoms with E-state index in [2.05, 4.69) is 10.3 Å². The highest BCUT2D eigenvalue weighted by Gasteiger charge is 2.22. The normalized spacial score (nSPS) is 12.1. The van der Waals surface area contributed by atoms with Gasteiger partial charge in [-0.25, -0.2) is 4.79 Å². The van der Waals surface area contributed by atoms with Gasteiger partial charge in [0.1, 0.15) is 6.04 Å². The Bertz CT molecular complexity index is 952. The van der Waals surface area contributed by atoms with E-state index in [0.29, 0.717) is 5.02 Å². The van der Waals surface area contributed by atoms with Gasteiger partial charge in [-0.1, -0.05) is 41.4 Å². The summed E-state index contributed by atoms with van der Waals surface area (Å²) < 4.78 is 0. The standard InChI is InChI=1S/C18H14Cl2N2O3/c19-13-6-5-10(7-14(13)20)17(23)22-16(18(24)25)8-11-9-21-15-4-2-1-3-12(11)15/h1-7,9,16,21H,8H2,(H,22,23)(H,24,25)/t16-/m0/s1.